The van der Waals surface area contributed by atoms with Gasteiger partial charge < -0.3 is 9.64 Å². The van der Waals surface area contributed by atoms with E-state index < -0.39 is 0 Å². The topological polar surface area (TPSA) is 29.5 Å². The van der Waals surface area contributed by atoms with Gasteiger partial charge in [-0.05, 0) is 103 Å². The Morgan fingerprint density at radius 1 is 1.20 bits per heavy atom. The summed E-state index contributed by atoms with van der Waals surface area (Å²) in [4.78, 5) is 13.4. The molecule has 1 atom stereocenters. The normalized spacial score (nSPS) is 17.6. The molecule has 0 saturated carbocycles. The van der Waals surface area contributed by atoms with Crippen LogP contribution in [-0.2, 0) is 17.6 Å². The van der Waals surface area contributed by atoms with Gasteiger partial charge in [-0.1, -0.05) is 35.9 Å². The van der Waals surface area contributed by atoms with Gasteiger partial charge in [0.25, 0.3) is 0 Å². The Bertz CT molecular complexity index is 1010. The number of carbonyl (C=O) groups excluding carboxylic acids is 1. The third-order valence-corrected chi connectivity index (χ3v) is 6.54. The van der Waals surface area contributed by atoms with E-state index in [2.05, 4.69) is 31.2 Å². The summed E-state index contributed by atoms with van der Waals surface area (Å²) in [6, 6.07) is 14.1. The molecule has 3 nitrogen and oxygen atoms in total. The quantitative estimate of drug-likeness (QED) is 0.369. The van der Waals surface area contributed by atoms with Crippen molar-refractivity contribution in [2.45, 2.75) is 38.6 Å². The van der Waals surface area contributed by atoms with Crippen LogP contribution in [0.2, 0.25) is 5.02 Å². The minimum atomic E-state index is -0.316. The second kappa shape index (κ2) is 9.28. The van der Waals surface area contributed by atoms with Crippen molar-refractivity contribution in [1.82, 2.24) is 4.90 Å². The Kier molecular flexibility index (Phi) is 6.50. The van der Waals surface area contributed by atoms with Crippen molar-refractivity contribution in [3.05, 3.63) is 82.0 Å². The Labute approximate surface area is 187 Å². The largest absolute Gasteiger partial charge is 0.494 e. The summed E-state index contributed by atoms with van der Waals surface area (Å²) >= 11 is 11.9. The van der Waals surface area contributed by atoms with Crippen LogP contribution >= 0.6 is 23.2 Å². The van der Waals surface area contributed by atoms with Crippen molar-refractivity contribution in [2.75, 3.05) is 13.2 Å². The molecule has 30 heavy (non-hydrogen) atoms. The number of fused-ring (bicyclic) bond motifs is 1. The van der Waals surface area contributed by atoms with Crippen molar-refractivity contribution >= 4 is 34.0 Å². The van der Waals surface area contributed by atoms with E-state index in [9.17, 15) is 4.79 Å². The fourth-order valence-corrected chi connectivity index (χ4v) is 4.55. The molecular weight excluding hydrogens is 417 g/mol. The number of hydrogen-bond acceptors (Lipinski definition) is 3. The molecule has 2 aromatic carbocycles. The van der Waals surface area contributed by atoms with E-state index in [1.54, 1.807) is 0 Å². The van der Waals surface area contributed by atoms with E-state index in [0.29, 0.717) is 6.61 Å². The Hall–Kier alpha value is -2.23. The zero-order valence-electron chi connectivity index (χ0n) is 17.0. The van der Waals surface area contributed by atoms with Gasteiger partial charge in [0.1, 0.15) is 11.8 Å². The molecule has 0 saturated heterocycles. The number of carbonyl (C=O) groups is 1. The van der Waals surface area contributed by atoms with Crippen molar-refractivity contribution in [3.63, 3.8) is 0 Å². The number of ether oxygens (including phenoxy) is 1. The van der Waals surface area contributed by atoms with Gasteiger partial charge in [0.2, 0.25) is 5.24 Å². The van der Waals surface area contributed by atoms with Crippen LogP contribution in [0, 0.1) is 0 Å². The van der Waals surface area contributed by atoms with Crippen molar-refractivity contribution in [1.29, 1.82) is 0 Å². The Morgan fingerprint density at radius 2 is 2.03 bits per heavy atom. The number of rotatable bonds is 8. The van der Waals surface area contributed by atoms with Crippen LogP contribution in [0.15, 0.2) is 60.3 Å². The van der Waals surface area contributed by atoms with Gasteiger partial charge in [-0.2, -0.15) is 0 Å². The zero-order chi connectivity index (χ0) is 21.1. The maximum atomic E-state index is 11.4. The third-order valence-electron chi connectivity index (χ3n) is 5.95. The van der Waals surface area contributed by atoms with Gasteiger partial charge in [-0.3, -0.25) is 4.79 Å². The van der Waals surface area contributed by atoms with Gasteiger partial charge in [0.05, 0.1) is 6.61 Å². The van der Waals surface area contributed by atoms with E-state index in [0.717, 1.165) is 48.6 Å². The van der Waals surface area contributed by atoms with Crippen LogP contribution in [0.3, 0.4) is 0 Å². The highest BCUT2D eigenvalue weighted by Crippen LogP contribution is 2.34. The standard InChI is InChI=1S/C25H25Cl2NO2/c1-17-20(16-28-13-12-24(28)25(27)29)9-8-19-15-21(10-11-22(17)19)30-14-4-6-18-5-2-3-7-23(18)26/h2-3,5,7,10-13,15,24H,4,6,8-9,14,16H2,1H3. The predicted octanol–water partition coefficient (Wildman–Crippen LogP) is 6.03. The van der Waals surface area contributed by atoms with E-state index in [1.165, 1.54) is 22.3 Å². The van der Waals surface area contributed by atoms with Gasteiger partial charge in [0.15, 0.2) is 0 Å². The SMILES string of the molecule is CC1=C(CN2C=CC2C(=O)Cl)CCc2cc(OCCCc3ccccc3Cl)ccc21. The molecule has 2 aliphatic rings. The molecule has 0 spiro atoms. The lowest BCUT2D eigenvalue weighted by Gasteiger charge is -2.35. The molecule has 1 heterocycles. The summed E-state index contributed by atoms with van der Waals surface area (Å²) in [6.45, 7) is 3.59. The zero-order valence-corrected chi connectivity index (χ0v) is 18.5. The van der Waals surface area contributed by atoms with Crippen LogP contribution in [0.25, 0.3) is 5.57 Å². The molecule has 0 radical (unpaired) electrons. The number of allylic oxidation sites excluding steroid dienone is 1. The van der Waals surface area contributed by atoms with Crippen LogP contribution < -0.4 is 4.74 Å². The van der Waals surface area contributed by atoms with Crippen LogP contribution in [0.4, 0.5) is 0 Å². The Morgan fingerprint density at radius 3 is 2.77 bits per heavy atom. The molecular formula is C25H25Cl2NO2. The summed E-state index contributed by atoms with van der Waals surface area (Å²) < 4.78 is 6.00. The molecule has 0 amide bonds. The minimum Gasteiger partial charge on any atom is -0.494 e. The molecule has 5 heteroatoms. The van der Waals surface area contributed by atoms with Gasteiger partial charge in [0, 0.05) is 11.6 Å². The molecule has 1 aliphatic heterocycles. The highest BCUT2D eigenvalue weighted by atomic mass is 35.5. The fraction of sp³-hybridized carbons (Fsp3) is 0.320. The van der Waals surface area contributed by atoms with Gasteiger partial charge in [-0.25, -0.2) is 0 Å². The van der Waals surface area contributed by atoms with E-state index in [4.69, 9.17) is 27.9 Å². The van der Waals surface area contributed by atoms with E-state index in [-0.39, 0.29) is 11.3 Å². The number of hydrogen-bond donors (Lipinski definition) is 0. The van der Waals surface area contributed by atoms with Crippen LogP contribution in [-0.4, -0.2) is 29.3 Å². The third kappa shape index (κ3) is 4.58. The monoisotopic (exact) mass is 441 g/mol. The molecule has 0 bridgehead atoms. The van der Waals surface area contributed by atoms with E-state index in [1.807, 2.05) is 35.4 Å². The smallest absolute Gasteiger partial charge is 0.248 e. The lowest BCUT2D eigenvalue weighted by Crippen LogP contribution is -2.42. The molecule has 1 aliphatic carbocycles. The first-order chi connectivity index (χ1) is 14.5. The van der Waals surface area contributed by atoms with Crippen molar-refractivity contribution in [2.24, 2.45) is 0 Å². The average Bonchev–Trinajstić information content (AvgIpc) is 2.70. The summed E-state index contributed by atoms with van der Waals surface area (Å²) in [5, 5.41) is 0.503. The first-order valence-electron chi connectivity index (χ1n) is 10.3. The number of aryl methyl sites for hydroxylation is 2. The lowest BCUT2D eigenvalue weighted by molar-refractivity contribution is -0.115. The highest BCUT2D eigenvalue weighted by Gasteiger charge is 2.28. The second-order valence-electron chi connectivity index (χ2n) is 7.85. The van der Waals surface area contributed by atoms with Gasteiger partial charge >= 0.3 is 0 Å². The summed E-state index contributed by atoms with van der Waals surface area (Å²) in [7, 11) is 0. The molecule has 2 aromatic rings. The average molecular weight is 442 g/mol. The Balaban J connectivity index is 1.35. The molecule has 4 rings (SSSR count). The highest BCUT2D eigenvalue weighted by molar-refractivity contribution is 6.65. The molecule has 1 unspecified atom stereocenters. The first-order valence-corrected chi connectivity index (χ1v) is 11.1. The molecule has 0 aromatic heterocycles. The predicted molar refractivity (Wildman–Crippen MR) is 123 cm³/mol. The maximum absolute atomic E-state index is 11.4. The fourth-order valence-electron chi connectivity index (χ4n) is 4.12. The number of nitrogens with zero attached hydrogens (tertiary/aromatic N) is 1. The lowest BCUT2D eigenvalue weighted by atomic mass is 9.85. The minimum absolute atomic E-state index is 0.282. The second-order valence-corrected chi connectivity index (χ2v) is 8.63. The number of benzene rings is 2. The number of halogens is 2. The molecule has 0 fully saturated rings. The summed E-state index contributed by atoms with van der Waals surface area (Å²) in [5.74, 6) is 0.919. The summed E-state index contributed by atoms with van der Waals surface area (Å²) in [5.41, 5.74) is 6.42. The van der Waals surface area contributed by atoms with Crippen LogP contribution in [0.5, 0.6) is 5.75 Å². The molecule has 0 N–H and O–H groups in total. The summed E-state index contributed by atoms with van der Waals surface area (Å²) in [6.07, 6.45) is 7.59. The van der Waals surface area contributed by atoms with Gasteiger partial charge in [-0.15, -0.1) is 0 Å². The van der Waals surface area contributed by atoms with Crippen molar-refractivity contribution in [3.8, 4) is 5.75 Å². The maximum Gasteiger partial charge on any atom is 0.248 e. The van der Waals surface area contributed by atoms with E-state index >= 15 is 0 Å². The van der Waals surface area contributed by atoms with Crippen molar-refractivity contribution < 1.29 is 9.53 Å². The first kappa shape index (κ1) is 21.0. The molecule has 156 valence electrons. The van der Waals surface area contributed by atoms with Crippen LogP contribution in [0.1, 0.15) is 36.5 Å².